The number of carbonyl (C=O) groups excluding carboxylic acids is 2. The van der Waals surface area contributed by atoms with Crippen molar-refractivity contribution in [3.05, 3.63) is 0 Å². The first-order chi connectivity index (χ1) is 8.28. The topological polar surface area (TPSA) is 55.8 Å². The molecule has 1 aliphatic heterocycles. The highest BCUT2D eigenvalue weighted by atomic mass is 32.1. The number of thiocarbonyl (C=S) groups is 1. The van der Waals surface area contributed by atoms with E-state index in [9.17, 15) is 9.59 Å². The van der Waals surface area contributed by atoms with Crippen molar-refractivity contribution in [1.82, 2.24) is 4.90 Å². The van der Waals surface area contributed by atoms with Crippen LogP contribution in [0.3, 0.4) is 0 Å². The molecule has 1 rings (SSSR count). The van der Waals surface area contributed by atoms with Gasteiger partial charge in [0.2, 0.25) is 0 Å². The minimum absolute atomic E-state index is 0.0246. The number of esters is 1. The summed E-state index contributed by atoms with van der Waals surface area (Å²) < 4.78 is 9.97. The van der Waals surface area contributed by atoms with E-state index in [4.69, 9.17) is 21.7 Å². The smallest absolute Gasteiger partial charge is 0.411 e. The third-order valence-corrected chi connectivity index (χ3v) is 3.01. The van der Waals surface area contributed by atoms with Crippen LogP contribution in [0.5, 0.6) is 0 Å². The zero-order chi connectivity index (χ0) is 13.9. The number of ether oxygens (including phenoxy) is 2. The molecule has 102 valence electrons. The minimum atomic E-state index is -0.603. The predicted octanol–water partition coefficient (Wildman–Crippen LogP) is 1.78. The van der Waals surface area contributed by atoms with Crippen molar-refractivity contribution in [2.45, 2.75) is 38.8 Å². The third-order valence-electron chi connectivity index (χ3n) is 2.63. The molecule has 6 heteroatoms. The summed E-state index contributed by atoms with van der Waals surface area (Å²) in [6.07, 6.45) is -0.00709. The average molecular weight is 273 g/mol. The second-order valence-corrected chi connectivity index (χ2v) is 5.58. The van der Waals surface area contributed by atoms with Crippen LogP contribution in [0.25, 0.3) is 0 Å². The molecule has 5 nitrogen and oxygen atoms in total. The SMILES string of the molecule is COC(=O)C1CC(C=S)CN1C(=O)OC(C)(C)C. The van der Waals surface area contributed by atoms with Gasteiger partial charge in [0.05, 0.1) is 7.11 Å². The molecule has 1 fully saturated rings. The molecule has 2 unspecified atom stereocenters. The Balaban J connectivity index is 2.80. The van der Waals surface area contributed by atoms with E-state index in [1.807, 2.05) is 0 Å². The van der Waals surface area contributed by atoms with Crippen LogP contribution in [-0.4, -0.2) is 47.6 Å². The Morgan fingerprint density at radius 2 is 2.00 bits per heavy atom. The van der Waals surface area contributed by atoms with Gasteiger partial charge in [0.25, 0.3) is 0 Å². The Bertz CT molecular complexity index is 350. The molecule has 1 amide bonds. The first-order valence-corrected chi connectivity index (χ1v) is 6.28. The van der Waals surface area contributed by atoms with E-state index in [0.29, 0.717) is 13.0 Å². The van der Waals surface area contributed by atoms with Crippen molar-refractivity contribution in [3.63, 3.8) is 0 Å². The van der Waals surface area contributed by atoms with Crippen molar-refractivity contribution < 1.29 is 19.1 Å². The number of rotatable bonds is 2. The molecule has 0 saturated carbocycles. The highest BCUT2D eigenvalue weighted by molar-refractivity contribution is 7.79. The van der Waals surface area contributed by atoms with E-state index in [-0.39, 0.29) is 5.92 Å². The molecular weight excluding hydrogens is 254 g/mol. The molecular formula is C12H19NO4S. The lowest BCUT2D eigenvalue weighted by Crippen LogP contribution is -2.43. The lowest BCUT2D eigenvalue weighted by atomic mass is 10.1. The van der Waals surface area contributed by atoms with Crippen LogP contribution >= 0.6 is 12.2 Å². The molecule has 0 aliphatic carbocycles. The van der Waals surface area contributed by atoms with Crippen LogP contribution < -0.4 is 0 Å². The molecule has 0 spiro atoms. The second kappa shape index (κ2) is 5.65. The lowest BCUT2D eigenvalue weighted by Gasteiger charge is -2.27. The second-order valence-electron chi connectivity index (χ2n) is 5.30. The van der Waals surface area contributed by atoms with E-state index >= 15 is 0 Å². The monoisotopic (exact) mass is 273 g/mol. The Morgan fingerprint density at radius 1 is 1.39 bits per heavy atom. The van der Waals surface area contributed by atoms with Gasteiger partial charge in [-0.1, -0.05) is 12.2 Å². The Hall–Kier alpha value is -1.17. The average Bonchev–Trinajstić information content (AvgIpc) is 2.69. The molecule has 0 aromatic rings. The van der Waals surface area contributed by atoms with E-state index in [2.05, 4.69) is 0 Å². The van der Waals surface area contributed by atoms with E-state index in [0.717, 1.165) is 0 Å². The Kier molecular flexibility index (Phi) is 4.67. The number of hydrogen-bond donors (Lipinski definition) is 0. The summed E-state index contributed by atoms with van der Waals surface area (Å²) in [6.45, 7) is 5.75. The van der Waals surface area contributed by atoms with Gasteiger partial charge in [-0.05, 0) is 32.6 Å². The van der Waals surface area contributed by atoms with Gasteiger partial charge in [0.1, 0.15) is 11.6 Å². The standard InChI is InChI=1S/C12H19NO4S/c1-12(2,3)17-11(15)13-6-8(7-18)5-9(13)10(14)16-4/h7-9H,5-6H2,1-4H3. The van der Waals surface area contributed by atoms with E-state index in [1.54, 1.807) is 26.1 Å². The highest BCUT2D eigenvalue weighted by Gasteiger charge is 2.41. The summed E-state index contributed by atoms with van der Waals surface area (Å²) >= 11 is 4.88. The number of methoxy groups -OCH3 is 1. The summed E-state index contributed by atoms with van der Waals surface area (Å²) in [4.78, 5) is 25.0. The normalized spacial score (nSPS) is 23.7. The van der Waals surface area contributed by atoms with Crippen LogP contribution in [0.4, 0.5) is 4.79 Å². The molecule has 0 bridgehead atoms. The maximum atomic E-state index is 12.0. The number of nitrogens with zero attached hydrogens (tertiary/aromatic N) is 1. The van der Waals surface area contributed by atoms with Crippen molar-refractivity contribution in [3.8, 4) is 0 Å². The van der Waals surface area contributed by atoms with Crippen molar-refractivity contribution in [1.29, 1.82) is 0 Å². The van der Waals surface area contributed by atoms with Gasteiger partial charge in [-0.25, -0.2) is 9.59 Å². The molecule has 0 aromatic carbocycles. The van der Waals surface area contributed by atoms with Gasteiger partial charge < -0.3 is 9.47 Å². The lowest BCUT2D eigenvalue weighted by molar-refractivity contribution is -0.145. The highest BCUT2D eigenvalue weighted by Crippen LogP contribution is 2.25. The number of carbonyl (C=O) groups is 2. The Labute approximate surface area is 112 Å². The van der Waals surface area contributed by atoms with Crippen molar-refractivity contribution >= 4 is 29.6 Å². The summed E-state index contributed by atoms with van der Waals surface area (Å²) in [5.41, 5.74) is -0.590. The first kappa shape index (κ1) is 14.9. The maximum Gasteiger partial charge on any atom is 0.411 e. The van der Waals surface area contributed by atoms with Gasteiger partial charge in [0.15, 0.2) is 0 Å². The zero-order valence-corrected chi connectivity index (χ0v) is 12.0. The van der Waals surface area contributed by atoms with Crippen molar-refractivity contribution in [2.24, 2.45) is 5.92 Å². The fourth-order valence-electron chi connectivity index (χ4n) is 1.85. The molecule has 1 aliphatic rings. The number of amides is 1. The van der Waals surface area contributed by atoms with E-state index in [1.165, 1.54) is 12.0 Å². The number of likely N-dealkylation sites (tertiary alicyclic amines) is 1. The quantitative estimate of drug-likeness (QED) is 0.567. The summed E-state index contributed by atoms with van der Waals surface area (Å²) in [7, 11) is 1.31. The minimum Gasteiger partial charge on any atom is -0.467 e. The van der Waals surface area contributed by atoms with Gasteiger partial charge in [0, 0.05) is 12.5 Å². The number of hydrogen-bond acceptors (Lipinski definition) is 5. The summed E-state index contributed by atoms with van der Waals surface area (Å²) in [6, 6.07) is -0.603. The Morgan fingerprint density at radius 3 is 2.44 bits per heavy atom. The van der Waals surface area contributed by atoms with Crippen molar-refractivity contribution in [2.75, 3.05) is 13.7 Å². The van der Waals surface area contributed by atoms with Gasteiger partial charge in [-0.2, -0.15) is 0 Å². The molecule has 1 heterocycles. The molecule has 1 saturated heterocycles. The van der Waals surface area contributed by atoms with E-state index < -0.39 is 23.7 Å². The molecule has 2 atom stereocenters. The maximum absolute atomic E-state index is 12.0. The molecule has 18 heavy (non-hydrogen) atoms. The molecule has 0 aromatic heterocycles. The third kappa shape index (κ3) is 3.66. The van der Waals surface area contributed by atoms with Crippen LogP contribution in [0.1, 0.15) is 27.2 Å². The fraction of sp³-hybridized carbons (Fsp3) is 0.750. The molecule has 0 radical (unpaired) electrons. The summed E-state index contributed by atoms with van der Waals surface area (Å²) in [5, 5.41) is 1.58. The van der Waals surface area contributed by atoms with Gasteiger partial charge >= 0.3 is 12.1 Å². The zero-order valence-electron chi connectivity index (χ0n) is 11.1. The largest absolute Gasteiger partial charge is 0.467 e. The molecule has 0 N–H and O–H groups in total. The van der Waals surface area contributed by atoms with Crippen LogP contribution in [0.2, 0.25) is 0 Å². The van der Waals surface area contributed by atoms with Crippen LogP contribution in [0.15, 0.2) is 0 Å². The fourth-order valence-corrected chi connectivity index (χ4v) is 2.05. The van der Waals surface area contributed by atoms with Crippen LogP contribution in [0, 0.1) is 5.92 Å². The predicted molar refractivity (Wildman–Crippen MR) is 70.5 cm³/mol. The summed E-state index contributed by atoms with van der Waals surface area (Å²) in [5.74, 6) is -0.406. The first-order valence-electron chi connectivity index (χ1n) is 5.81. The van der Waals surface area contributed by atoms with Gasteiger partial charge in [-0.15, -0.1) is 0 Å². The van der Waals surface area contributed by atoms with Crippen LogP contribution in [-0.2, 0) is 14.3 Å². The van der Waals surface area contributed by atoms with Gasteiger partial charge in [-0.3, -0.25) is 4.90 Å².